The van der Waals surface area contributed by atoms with E-state index in [-0.39, 0.29) is 0 Å². The van der Waals surface area contributed by atoms with Crippen LogP contribution in [0.5, 0.6) is 0 Å². The van der Waals surface area contributed by atoms with E-state index in [1.165, 1.54) is 6.26 Å². The normalized spacial score (nSPS) is 17.1. The van der Waals surface area contributed by atoms with Crippen molar-refractivity contribution in [1.82, 2.24) is 20.4 Å². The van der Waals surface area contributed by atoms with Gasteiger partial charge >= 0.3 is 0 Å². The minimum atomic E-state index is -3.23. The van der Waals surface area contributed by atoms with Crippen molar-refractivity contribution in [1.29, 1.82) is 0 Å². The minimum absolute atomic E-state index is 0.309. The lowest BCUT2D eigenvalue weighted by molar-refractivity contribution is 0.0756. The zero-order valence-electron chi connectivity index (χ0n) is 17.0. The number of rotatable bonds is 7. The molecule has 1 aliphatic heterocycles. The third-order valence-electron chi connectivity index (χ3n) is 5.45. The van der Waals surface area contributed by atoms with Crippen LogP contribution < -0.4 is 10.6 Å². The van der Waals surface area contributed by atoms with Crippen molar-refractivity contribution < 1.29 is 13.2 Å². The van der Waals surface area contributed by atoms with Gasteiger partial charge in [-0.2, -0.15) is 5.10 Å². The van der Waals surface area contributed by atoms with Crippen molar-refractivity contribution in [3.05, 3.63) is 53.9 Å². The highest BCUT2D eigenvalue weighted by Crippen LogP contribution is 2.28. The third kappa shape index (κ3) is 5.36. The fraction of sp³-hybridized carbons (Fsp3) is 0.500. The van der Waals surface area contributed by atoms with E-state index in [1.807, 2.05) is 29.1 Å². The van der Waals surface area contributed by atoms with Crippen LogP contribution in [0.1, 0.15) is 24.0 Å². The molecule has 158 valence electrons. The number of hydrogen-bond donors (Lipinski definition) is 2. The molecule has 1 saturated heterocycles. The molecule has 0 aliphatic carbocycles. The lowest BCUT2D eigenvalue weighted by Crippen LogP contribution is -2.53. The number of nitrogens with zero attached hydrogens (tertiary/aromatic N) is 3. The van der Waals surface area contributed by atoms with E-state index in [2.05, 4.69) is 32.9 Å². The van der Waals surface area contributed by atoms with Gasteiger partial charge in [0, 0.05) is 52.0 Å². The van der Waals surface area contributed by atoms with Crippen molar-refractivity contribution in [2.75, 3.05) is 33.1 Å². The molecule has 1 aromatic carbocycles. The molecular formula is C20H29N5O3S. The molecule has 9 heteroatoms. The molecule has 0 saturated carbocycles. The molecule has 0 radical (unpaired) electrons. The Kier molecular flexibility index (Phi) is 6.92. The van der Waals surface area contributed by atoms with E-state index >= 15 is 0 Å². The number of nitrogens with one attached hydrogen (secondary N) is 2. The van der Waals surface area contributed by atoms with Crippen molar-refractivity contribution in [3.8, 4) is 0 Å². The molecule has 0 spiro atoms. The molecule has 8 nitrogen and oxygen atoms in total. The first-order valence-electron chi connectivity index (χ1n) is 9.70. The summed E-state index contributed by atoms with van der Waals surface area (Å²) in [6.45, 7) is 2.49. The molecule has 0 amide bonds. The van der Waals surface area contributed by atoms with Gasteiger partial charge in [-0.1, -0.05) is 24.3 Å². The summed E-state index contributed by atoms with van der Waals surface area (Å²) in [5.41, 5.74) is 2.30. The highest BCUT2D eigenvalue weighted by atomic mass is 32.2. The summed E-state index contributed by atoms with van der Waals surface area (Å²) in [5.74, 6) is 0.577. The van der Waals surface area contributed by atoms with E-state index in [9.17, 15) is 8.42 Å². The summed E-state index contributed by atoms with van der Waals surface area (Å²) in [6, 6.07) is 10.1. The molecule has 3 rings (SSSR count). The van der Waals surface area contributed by atoms with E-state index < -0.39 is 14.6 Å². The Morgan fingerprint density at radius 3 is 2.55 bits per heavy atom. The van der Waals surface area contributed by atoms with Crippen LogP contribution in [-0.2, 0) is 27.7 Å². The monoisotopic (exact) mass is 419 g/mol. The lowest BCUT2D eigenvalue weighted by atomic mass is 9.99. The Bertz CT molecular complexity index is 919. The maximum atomic E-state index is 12.4. The maximum Gasteiger partial charge on any atom is 0.191 e. The molecule has 1 aliphatic rings. The lowest BCUT2D eigenvalue weighted by Gasteiger charge is -2.35. The molecule has 2 N–H and O–H groups in total. The predicted octanol–water partition coefficient (Wildman–Crippen LogP) is 1.19. The number of guanidine groups is 1. The second kappa shape index (κ2) is 9.41. The van der Waals surface area contributed by atoms with Crippen LogP contribution in [0.4, 0.5) is 0 Å². The molecule has 2 aromatic rings. The summed E-state index contributed by atoms with van der Waals surface area (Å²) in [4.78, 5) is 4.26. The number of benzene rings is 1. The Morgan fingerprint density at radius 1 is 1.21 bits per heavy atom. The van der Waals surface area contributed by atoms with Crippen molar-refractivity contribution in [3.63, 3.8) is 0 Å². The van der Waals surface area contributed by atoms with Crippen LogP contribution in [0.2, 0.25) is 0 Å². The summed E-state index contributed by atoms with van der Waals surface area (Å²) in [7, 11) is -1.55. The van der Waals surface area contributed by atoms with Gasteiger partial charge in [-0.15, -0.1) is 0 Å². The zero-order valence-corrected chi connectivity index (χ0v) is 17.8. The van der Waals surface area contributed by atoms with Crippen LogP contribution >= 0.6 is 0 Å². The zero-order chi connectivity index (χ0) is 20.7. The van der Waals surface area contributed by atoms with Gasteiger partial charge in [0.05, 0.1) is 11.3 Å². The molecule has 0 bridgehead atoms. The first kappa shape index (κ1) is 21.3. The molecular weight excluding hydrogens is 390 g/mol. The molecule has 2 heterocycles. The van der Waals surface area contributed by atoms with Crippen LogP contribution in [-0.4, -0.2) is 62.0 Å². The van der Waals surface area contributed by atoms with Crippen molar-refractivity contribution in [2.24, 2.45) is 4.99 Å². The number of ether oxygens (including phenoxy) is 1. The van der Waals surface area contributed by atoms with Gasteiger partial charge in [-0.3, -0.25) is 9.67 Å². The number of aromatic nitrogens is 2. The van der Waals surface area contributed by atoms with Gasteiger partial charge in [0.15, 0.2) is 15.8 Å². The van der Waals surface area contributed by atoms with E-state index in [1.54, 1.807) is 13.2 Å². The van der Waals surface area contributed by atoms with Crippen molar-refractivity contribution >= 4 is 15.8 Å². The Hall–Kier alpha value is -2.39. The number of sulfone groups is 1. The minimum Gasteiger partial charge on any atom is -0.381 e. The van der Waals surface area contributed by atoms with Gasteiger partial charge in [0.2, 0.25) is 0 Å². The number of aliphatic imine (C=N–C) groups is 1. The predicted molar refractivity (Wildman–Crippen MR) is 114 cm³/mol. The standard InChI is InChI=1S/C20H29N5O3S/c1-21-19(23-16-20(29(2,26)27)8-12-28-13-9-20)22-14-17-6-3-4-7-18(17)15-25-11-5-10-24-25/h3-7,10-11H,8-9,12-16H2,1-2H3,(H2,21,22,23). The van der Waals surface area contributed by atoms with Crippen LogP contribution in [0.15, 0.2) is 47.7 Å². The average Bonchev–Trinajstić information content (AvgIpc) is 3.22. The topological polar surface area (TPSA) is 97.6 Å². The quantitative estimate of drug-likeness (QED) is 0.517. The second-order valence-corrected chi connectivity index (χ2v) is 9.73. The Labute approximate surface area is 172 Å². The summed E-state index contributed by atoms with van der Waals surface area (Å²) in [6.07, 6.45) is 5.98. The van der Waals surface area contributed by atoms with Gasteiger partial charge in [0.25, 0.3) is 0 Å². The Balaban J connectivity index is 1.63. The molecule has 0 atom stereocenters. The largest absolute Gasteiger partial charge is 0.381 e. The molecule has 1 fully saturated rings. The summed E-state index contributed by atoms with van der Waals surface area (Å²) < 4.78 is 31.3. The summed E-state index contributed by atoms with van der Waals surface area (Å²) in [5, 5.41) is 10.8. The highest BCUT2D eigenvalue weighted by molar-refractivity contribution is 7.92. The van der Waals surface area contributed by atoms with Crippen LogP contribution in [0.25, 0.3) is 0 Å². The van der Waals surface area contributed by atoms with Gasteiger partial charge in [-0.25, -0.2) is 8.42 Å². The fourth-order valence-electron chi connectivity index (χ4n) is 3.52. The fourth-order valence-corrected chi connectivity index (χ4v) is 4.76. The van der Waals surface area contributed by atoms with Crippen LogP contribution in [0.3, 0.4) is 0 Å². The van der Waals surface area contributed by atoms with E-state index in [0.29, 0.717) is 51.6 Å². The first-order chi connectivity index (χ1) is 13.9. The third-order valence-corrected chi connectivity index (χ3v) is 7.57. The van der Waals surface area contributed by atoms with Crippen LogP contribution in [0, 0.1) is 0 Å². The number of hydrogen-bond acceptors (Lipinski definition) is 5. The van der Waals surface area contributed by atoms with Gasteiger partial charge in [-0.05, 0) is 30.0 Å². The molecule has 29 heavy (non-hydrogen) atoms. The SMILES string of the molecule is CN=C(NCc1ccccc1Cn1cccn1)NCC1(S(C)(=O)=O)CCOCC1. The van der Waals surface area contributed by atoms with E-state index in [4.69, 9.17) is 4.74 Å². The smallest absolute Gasteiger partial charge is 0.191 e. The van der Waals surface area contributed by atoms with E-state index in [0.717, 1.165) is 11.1 Å². The summed E-state index contributed by atoms with van der Waals surface area (Å²) >= 11 is 0. The maximum absolute atomic E-state index is 12.4. The Morgan fingerprint density at radius 2 is 1.93 bits per heavy atom. The highest BCUT2D eigenvalue weighted by Gasteiger charge is 2.42. The average molecular weight is 420 g/mol. The molecule has 1 aromatic heterocycles. The van der Waals surface area contributed by atoms with Gasteiger partial charge in [0.1, 0.15) is 0 Å². The van der Waals surface area contributed by atoms with Gasteiger partial charge < -0.3 is 15.4 Å². The second-order valence-electron chi connectivity index (χ2n) is 7.32. The van der Waals surface area contributed by atoms with Crippen molar-refractivity contribution in [2.45, 2.75) is 30.7 Å². The molecule has 0 unspecified atom stereocenters. The first-order valence-corrected chi connectivity index (χ1v) is 11.6.